The second-order valence-corrected chi connectivity index (χ2v) is 7.91. The fraction of sp³-hybridized carbons (Fsp3) is 0.208. The van der Waals surface area contributed by atoms with E-state index in [2.05, 4.69) is 15.2 Å². The van der Waals surface area contributed by atoms with Gasteiger partial charge in [0, 0.05) is 48.7 Å². The van der Waals surface area contributed by atoms with E-state index in [4.69, 9.17) is 11.6 Å². The van der Waals surface area contributed by atoms with Gasteiger partial charge in [-0.15, -0.1) is 0 Å². The minimum Gasteiger partial charge on any atom is -0.352 e. The highest BCUT2D eigenvalue weighted by molar-refractivity contribution is 6.32. The van der Waals surface area contributed by atoms with Crippen molar-refractivity contribution < 1.29 is 9.59 Å². The van der Waals surface area contributed by atoms with E-state index < -0.39 is 0 Å². The van der Waals surface area contributed by atoms with Crippen molar-refractivity contribution >= 4 is 34.9 Å². The van der Waals surface area contributed by atoms with E-state index in [0.717, 1.165) is 5.82 Å². The molecule has 1 aliphatic rings. The minimum atomic E-state index is -0.165. The third-order valence-electron chi connectivity index (χ3n) is 5.36. The Morgan fingerprint density at radius 2 is 1.68 bits per heavy atom. The quantitative estimate of drug-likeness (QED) is 0.604. The van der Waals surface area contributed by atoms with Gasteiger partial charge in [-0.3, -0.25) is 4.79 Å². The summed E-state index contributed by atoms with van der Waals surface area (Å²) >= 11 is 6.26. The number of hydrogen-bond acceptors (Lipinski definition) is 4. The van der Waals surface area contributed by atoms with Crippen LogP contribution in [-0.4, -0.2) is 47.4 Å². The van der Waals surface area contributed by atoms with Crippen LogP contribution in [0.3, 0.4) is 0 Å². The first-order valence-electron chi connectivity index (χ1n) is 10.2. The van der Waals surface area contributed by atoms with Crippen molar-refractivity contribution in [3.63, 3.8) is 0 Å². The number of nitrogens with zero attached hydrogens (tertiary/aromatic N) is 3. The van der Waals surface area contributed by atoms with Crippen LogP contribution in [0.1, 0.15) is 22.8 Å². The lowest BCUT2D eigenvalue weighted by Gasteiger charge is -2.40. The Morgan fingerprint density at radius 3 is 2.35 bits per heavy atom. The summed E-state index contributed by atoms with van der Waals surface area (Å²) in [6.07, 6.45) is 1.72. The largest absolute Gasteiger partial charge is 0.352 e. The van der Waals surface area contributed by atoms with Crippen LogP contribution in [0.15, 0.2) is 72.9 Å². The lowest BCUT2D eigenvalue weighted by atomic mass is 10.0. The van der Waals surface area contributed by atoms with E-state index in [1.165, 1.54) is 0 Å². The van der Waals surface area contributed by atoms with Crippen LogP contribution in [0.4, 0.5) is 16.3 Å². The number of benzene rings is 2. The molecule has 2 aromatic carbocycles. The van der Waals surface area contributed by atoms with Gasteiger partial charge < -0.3 is 15.1 Å². The zero-order valence-corrected chi connectivity index (χ0v) is 17.9. The summed E-state index contributed by atoms with van der Waals surface area (Å²) in [5, 5.41) is 3.54. The smallest absolute Gasteiger partial charge is 0.322 e. The average Bonchev–Trinajstić information content (AvgIpc) is 2.80. The van der Waals surface area contributed by atoms with Crippen LogP contribution < -0.4 is 10.2 Å². The molecule has 0 bridgehead atoms. The zero-order valence-electron chi connectivity index (χ0n) is 17.2. The van der Waals surface area contributed by atoms with Crippen molar-refractivity contribution in [3.05, 3.63) is 89.1 Å². The van der Waals surface area contributed by atoms with Crippen molar-refractivity contribution in [1.29, 1.82) is 0 Å². The Morgan fingerprint density at radius 1 is 0.968 bits per heavy atom. The van der Waals surface area contributed by atoms with Crippen molar-refractivity contribution in [3.8, 4) is 0 Å². The predicted molar refractivity (Wildman–Crippen MR) is 123 cm³/mol. The van der Waals surface area contributed by atoms with Crippen molar-refractivity contribution in [1.82, 2.24) is 9.88 Å². The Balaban J connectivity index is 1.37. The van der Waals surface area contributed by atoms with Gasteiger partial charge in [-0.2, -0.15) is 0 Å². The number of amides is 2. The molecule has 4 rings (SSSR count). The van der Waals surface area contributed by atoms with E-state index in [0.29, 0.717) is 41.5 Å². The molecule has 1 aromatic heterocycles. The van der Waals surface area contributed by atoms with Gasteiger partial charge in [-0.1, -0.05) is 41.9 Å². The number of pyridine rings is 1. The van der Waals surface area contributed by atoms with Gasteiger partial charge >= 0.3 is 6.03 Å². The van der Waals surface area contributed by atoms with Gasteiger partial charge in [-0.05, 0) is 43.3 Å². The Hall–Kier alpha value is -3.38. The number of halogens is 1. The highest BCUT2D eigenvalue weighted by Crippen LogP contribution is 2.25. The van der Waals surface area contributed by atoms with Crippen LogP contribution in [-0.2, 0) is 0 Å². The molecule has 1 atom stereocenters. The summed E-state index contributed by atoms with van der Waals surface area (Å²) in [4.78, 5) is 33.6. The molecular formula is C24H23ClN4O2. The van der Waals surface area contributed by atoms with Crippen molar-refractivity contribution in [2.24, 2.45) is 0 Å². The number of ketones is 1. The van der Waals surface area contributed by atoms with Gasteiger partial charge in [0.05, 0.1) is 5.02 Å². The maximum atomic E-state index is 12.8. The summed E-state index contributed by atoms with van der Waals surface area (Å²) in [6.45, 7) is 3.86. The second-order valence-electron chi connectivity index (χ2n) is 7.50. The molecular weight excluding hydrogens is 412 g/mol. The number of nitrogens with one attached hydrogen (secondary N) is 1. The summed E-state index contributed by atoms with van der Waals surface area (Å²) in [5.74, 6) is 0.700. The molecule has 7 heteroatoms. The number of rotatable bonds is 4. The maximum absolute atomic E-state index is 12.8. The molecule has 1 aliphatic heterocycles. The van der Waals surface area contributed by atoms with Crippen LogP contribution in [0.5, 0.6) is 0 Å². The fourth-order valence-corrected chi connectivity index (χ4v) is 3.96. The first kappa shape index (κ1) is 20.9. The normalized spacial score (nSPS) is 16.1. The van der Waals surface area contributed by atoms with E-state index in [-0.39, 0.29) is 17.9 Å². The number of carbonyl (C=O) groups is 2. The molecule has 2 heterocycles. The topological polar surface area (TPSA) is 65.5 Å². The molecule has 0 radical (unpaired) electrons. The zero-order chi connectivity index (χ0) is 21.8. The van der Waals surface area contributed by atoms with E-state index in [1.807, 2.05) is 31.2 Å². The molecule has 0 saturated carbocycles. The molecule has 2 amide bonds. The second kappa shape index (κ2) is 9.18. The highest BCUT2D eigenvalue weighted by Gasteiger charge is 2.29. The number of urea groups is 1. The molecule has 1 fully saturated rings. The lowest BCUT2D eigenvalue weighted by Crippen LogP contribution is -2.55. The van der Waals surface area contributed by atoms with Crippen molar-refractivity contribution in [2.45, 2.75) is 13.0 Å². The molecule has 158 valence electrons. The maximum Gasteiger partial charge on any atom is 0.322 e. The Bertz CT molecular complexity index is 1070. The number of anilines is 2. The van der Waals surface area contributed by atoms with E-state index >= 15 is 0 Å². The van der Waals surface area contributed by atoms with Gasteiger partial charge in [0.2, 0.25) is 0 Å². The van der Waals surface area contributed by atoms with Crippen LogP contribution in [0.25, 0.3) is 0 Å². The Kier molecular flexibility index (Phi) is 6.18. The third-order valence-corrected chi connectivity index (χ3v) is 5.66. The summed E-state index contributed by atoms with van der Waals surface area (Å²) in [6, 6.07) is 19.5. The lowest BCUT2D eigenvalue weighted by molar-refractivity contribution is 0.103. The van der Waals surface area contributed by atoms with Gasteiger partial charge in [0.25, 0.3) is 0 Å². The van der Waals surface area contributed by atoms with Crippen molar-refractivity contribution in [2.75, 3.05) is 29.9 Å². The van der Waals surface area contributed by atoms with E-state index in [9.17, 15) is 9.59 Å². The van der Waals surface area contributed by atoms with Crippen LogP contribution in [0.2, 0.25) is 5.02 Å². The molecule has 6 nitrogen and oxygen atoms in total. The molecule has 31 heavy (non-hydrogen) atoms. The molecule has 1 saturated heterocycles. The van der Waals surface area contributed by atoms with Gasteiger partial charge in [0.1, 0.15) is 5.82 Å². The predicted octanol–water partition coefficient (Wildman–Crippen LogP) is 4.71. The average molecular weight is 435 g/mol. The summed E-state index contributed by atoms with van der Waals surface area (Å²) in [5.41, 5.74) is 1.87. The molecule has 0 aliphatic carbocycles. The van der Waals surface area contributed by atoms with Crippen LogP contribution in [0, 0.1) is 0 Å². The summed E-state index contributed by atoms with van der Waals surface area (Å²) < 4.78 is 0. The number of piperazine rings is 1. The standard InChI is InChI=1S/C24H23ClN4O2/c1-17-16-28(23-21(25)8-5-13-26-23)14-15-29(17)24(31)27-20-11-9-19(10-12-20)22(30)18-6-3-2-4-7-18/h2-13,17H,14-16H2,1H3,(H,27,31)/t17-/m1/s1. The first-order valence-corrected chi connectivity index (χ1v) is 10.5. The minimum absolute atomic E-state index is 0.00856. The van der Waals surface area contributed by atoms with Crippen LogP contribution >= 0.6 is 11.6 Å². The number of aromatic nitrogens is 1. The van der Waals surface area contributed by atoms with E-state index in [1.54, 1.807) is 53.6 Å². The first-order chi connectivity index (χ1) is 15.0. The number of carbonyl (C=O) groups excluding carboxylic acids is 2. The monoisotopic (exact) mass is 434 g/mol. The fourth-order valence-electron chi connectivity index (χ4n) is 3.72. The summed E-state index contributed by atoms with van der Waals surface area (Å²) in [7, 11) is 0. The molecule has 0 unspecified atom stereocenters. The Labute approximate surface area is 186 Å². The molecule has 0 spiro atoms. The third kappa shape index (κ3) is 4.70. The number of hydrogen-bond donors (Lipinski definition) is 1. The molecule has 3 aromatic rings. The highest BCUT2D eigenvalue weighted by atomic mass is 35.5. The molecule has 1 N–H and O–H groups in total. The van der Waals surface area contributed by atoms with Gasteiger partial charge in [0.15, 0.2) is 5.78 Å². The SMILES string of the molecule is C[C@@H]1CN(c2ncccc2Cl)CCN1C(=O)Nc1ccc(C(=O)c2ccccc2)cc1. The van der Waals surface area contributed by atoms with Gasteiger partial charge in [-0.25, -0.2) is 9.78 Å².